The minimum Gasteiger partial charge on any atom is -0.381 e. The number of benzene rings is 1. The lowest BCUT2D eigenvalue weighted by molar-refractivity contribution is 0.0517. The third-order valence-corrected chi connectivity index (χ3v) is 4.69. The van der Waals surface area contributed by atoms with Crippen LogP contribution in [0.15, 0.2) is 36.7 Å². The first kappa shape index (κ1) is 16.7. The predicted octanol–water partition coefficient (Wildman–Crippen LogP) is 3.03. The average molecular weight is 324 g/mol. The van der Waals surface area contributed by atoms with Crippen LogP contribution in [0.5, 0.6) is 0 Å². The molecule has 2 heterocycles. The van der Waals surface area contributed by atoms with Crippen LogP contribution in [0.25, 0.3) is 0 Å². The lowest BCUT2D eigenvalue weighted by Gasteiger charge is -2.31. The van der Waals surface area contributed by atoms with Gasteiger partial charge in [-0.15, -0.1) is 0 Å². The third kappa shape index (κ3) is 3.84. The van der Waals surface area contributed by atoms with Gasteiger partial charge in [0, 0.05) is 38.7 Å². The van der Waals surface area contributed by atoms with Gasteiger partial charge in [0.25, 0.3) is 0 Å². The molecule has 1 aliphatic rings. The van der Waals surface area contributed by atoms with Gasteiger partial charge in [-0.3, -0.25) is 0 Å². The summed E-state index contributed by atoms with van der Waals surface area (Å²) in [6.45, 7) is 5.43. The van der Waals surface area contributed by atoms with Crippen LogP contribution in [0.4, 0.5) is 0 Å². The molecule has 3 rings (SSSR count). The van der Waals surface area contributed by atoms with Gasteiger partial charge in [-0.25, -0.2) is 4.98 Å². The van der Waals surface area contributed by atoms with Gasteiger partial charge < -0.3 is 14.6 Å². The summed E-state index contributed by atoms with van der Waals surface area (Å²) in [6.07, 6.45) is 6.02. The van der Waals surface area contributed by atoms with E-state index in [-0.39, 0.29) is 6.04 Å². The summed E-state index contributed by atoms with van der Waals surface area (Å²) in [4.78, 5) is 4.62. The van der Waals surface area contributed by atoms with Gasteiger partial charge in [0.2, 0.25) is 0 Å². The fourth-order valence-electron chi connectivity index (χ4n) is 3.36. The average Bonchev–Trinajstić information content (AvgIpc) is 3.11. The summed E-state index contributed by atoms with van der Waals surface area (Å²) in [5.74, 6) is 1.62. The molecule has 0 amide bonds. The third-order valence-electron chi connectivity index (χ3n) is 4.69. The molecule has 1 aromatic carbocycles. The molecular formula is C19H24N4O. The van der Waals surface area contributed by atoms with Crippen molar-refractivity contribution in [3.63, 3.8) is 0 Å². The van der Waals surface area contributed by atoms with Gasteiger partial charge in [-0.1, -0.05) is 12.1 Å². The van der Waals surface area contributed by atoms with E-state index in [4.69, 9.17) is 10.00 Å². The normalized spacial score (nSPS) is 16.7. The lowest BCUT2D eigenvalue weighted by atomic mass is 9.90. The maximum absolute atomic E-state index is 9.06. The number of rotatable bonds is 6. The van der Waals surface area contributed by atoms with Crippen molar-refractivity contribution in [3.8, 4) is 6.07 Å². The van der Waals surface area contributed by atoms with Gasteiger partial charge in [-0.05, 0) is 43.4 Å². The van der Waals surface area contributed by atoms with Gasteiger partial charge in [0.05, 0.1) is 17.7 Å². The van der Waals surface area contributed by atoms with E-state index in [2.05, 4.69) is 33.9 Å². The van der Waals surface area contributed by atoms with E-state index in [1.165, 1.54) is 0 Å². The van der Waals surface area contributed by atoms with Gasteiger partial charge in [0.15, 0.2) is 0 Å². The maximum atomic E-state index is 9.06. The molecule has 5 heteroatoms. The topological polar surface area (TPSA) is 62.9 Å². The summed E-state index contributed by atoms with van der Waals surface area (Å²) in [7, 11) is 0. The highest BCUT2D eigenvalue weighted by molar-refractivity contribution is 5.32. The Morgan fingerprint density at radius 1 is 1.42 bits per heavy atom. The fraction of sp³-hybridized carbons (Fsp3) is 0.474. The number of nitrogens with zero attached hydrogens (tertiary/aromatic N) is 3. The zero-order chi connectivity index (χ0) is 16.8. The Kier molecular flexibility index (Phi) is 5.63. The summed E-state index contributed by atoms with van der Waals surface area (Å²) < 4.78 is 7.73. The Balaban J connectivity index is 1.78. The molecule has 126 valence electrons. The lowest BCUT2D eigenvalue weighted by Crippen LogP contribution is -2.34. The molecule has 0 radical (unpaired) electrons. The first-order valence-corrected chi connectivity index (χ1v) is 8.63. The monoisotopic (exact) mass is 324 g/mol. The highest BCUT2D eigenvalue weighted by atomic mass is 16.5. The predicted molar refractivity (Wildman–Crippen MR) is 92.2 cm³/mol. The van der Waals surface area contributed by atoms with Gasteiger partial charge >= 0.3 is 0 Å². The quantitative estimate of drug-likeness (QED) is 0.887. The smallest absolute Gasteiger partial charge is 0.126 e. The number of aromatic nitrogens is 2. The zero-order valence-electron chi connectivity index (χ0n) is 14.1. The Morgan fingerprint density at radius 3 is 3.00 bits per heavy atom. The van der Waals surface area contributed by atoms with Crippen LogP contribution >= 0.6 is 0 Å². The van der Waals surface area contributed by atoms with E-state index >= 15 is 0 Å². The molecule has 0 spiro atoms. The minimum atomic E-state index is 0.203. The van der Waals surface area contributed by atoms with E-state index in [0.29, 0.717) is 11.5 Å². The van der Waals surface area contributed by atoms with Crippen LogP contribution in [0.3, 0.4) is 0 Å². The summed E-state index contributed by atoms with van der Waals surface area (Å²) in [6, 6.07) is 10.2. The highest BCUT2D eigenvalue weighted by Crippen LogP contribution is 2.29. The van der Waals surface area contributed by atoms with Crippen molar-refractivity contribution in [1.82, 2.24) is 14.9 Å². The Hall–Kier alpha value is -2.16. The number of ether oxygens (including phenoxy) is 1. The first-order chi connectivity index (χ1) is 11.8. The van der Waals surface area contributed by atoms with Gasteiger partial charge in [0.1, 0.15) is 5.82 Å². The van der Waals surface area contributed by atoms with E-state index in [1.54, 1.807) is 0 Å². The minimum absolute atomic E-state index is 0.203. The number of imidazole rings is 1. The Morgan fingerprint density at radius 2 is 2.25 bits per heavy atom. The molecule has 1 atom stereocenters. The maximum Gasteiger partial charge on any atom is 0.126 e. The van der Waals surface area contributed by atoms with Crippen molar-refractivity contribution in [1.29, 1.82) is 5.26 Å². The Bertz CT molecular complexity index is 697. The van der Waals surface area contributed by atoms with E-state index in [9.17, 15) is 0 Å². The largest absolute Gasteiger partial charge is 0.381 e. The van der Waals surface area contributed by atoms with Crippen molar-refractivity contribution in [2.75, 3.05) is 13.2 Å². The van der Waals surface area contributed by atoms with Crippen molar-refractivity contribution in [3.05, 3.63) is 53.6 Å². The molecule has 0 unspecified atom stereocenters. The number of hydrogen-bond donors (Lipinski definition) is 1. The molecule has 1 aliphatic heterocycles. The molecule has 0 bridgehead atoms. The number of nitriles is 1. The highest BCUT2D eigenvalue weighted by Gasteiger charge is 2.28. The summed E-state index contributed by atoms with van der Waals surface area (Å²) in [5, 5.41) is 12.8. The second kappa shape index (κ2) is 8.09. The Labute approximate surface area is 143 Å². The van der Waals surface area contributed by atoms with E-state index < -0.39 is 0 Å². The summed E-state index contributed by atoms with van der Waals surface area (Å²) >= 11 is 0. The van der Waals surface area contributed by atoms with Crippen molar-refractivity contribution >= 4 is 0 Å². The van der Waals surface area contributed by atoms with Crippen molar-refractivity contribution in [2.45, 2.75) is 38.9 Å². The van der Waals surface area contributed by atoms with Crippen LogP contribution in [-0.2, 0) is 17.8 Å². The zero-order valence-corrected chi connectivity index (χ0v) is 14.1. The summed E-state index contributed by atoms with van der Waals surface area (Å²) in [5.41, 5.74) is 1.83. The molecular weight excluding hydrogens is 300 g/mol. The molecule has 1 fully saturated rings. The van der Waals surface area contributed by atoms with Crippen LogP contribution in [-0.4, -0.2) is 22.8 Å². The molecule has 1 N–H and O–H groups in total. The molecule has 0 aliphatic carbocycles. The second-order valence-corrected chi connectivity index (χ2v) is 6.19. The van der Waals surface area contributed by atoms with Crippen LogP contribution in [0.1, 0.15) is 42.8 Å². The van der Waals surface area contributed by atoms with Crippen LogP contribution < -0.4 is 5.32 Å². The molecule has 1 saturated heterocycles. The standard InChI is InChI=1S/C19H24N4O/c1-2-23-9-8-21-19(23)18(17-6-10-24-11-7-17)22-14-16-5-3-4-15(12-16)13-20/h3-5,8-9,12,17-18,22H,2,6-7,10-11,14H2,1H3/t18-/m0/s1. The van der Waals surface area contributed by atoms with Crippen molar-refractivity contribution in [2.24, 2.45) is 5.92 Å². The fourth-order valence-corrected chi connectivity index (χ4v) is 3.36. The number of aryl methyl sites for hydroxylation is 1. The SMILES string of the molecule is CCn1ccnc1[C@@H](NCc1cccc(C#N)c1)C1CCOCC1. The molecule has 1 aromatic heterocycles. The molecule has 5 nitrogen and oxygen atoms in total. The van der Waals surface area contributed by atoms with Crippen LogP contribution in [0.2, 0.25) is 0 Å². The molecule has 2 aromatic rings. The van der Waals surface area contributed by atoms with E-state index in [0.717, 1.165) is 50.5 Å². The van der Waals surface area contributed by atoms with Gasteiger partial charge in [-0.2, -0.15) is 5.26 Å². The van der Waals surface area contributed by atoms with Crippen LogP contribution in [0, 0.1) is 17.2 Å². The first-order valence-electron chi connectivity index (χ1n) is 8.63. The molecule has 0 saturated carbocycles. The second-order valence-electron chi connectivity index (χ2n) is 6.19. The number of nitrogens with one attached hydrogen (secondary N) is 1. The number of hydrogen-bond acceptors (Lipinski definition) is 4. The van der Waals surface area contributed by atoms with Crippen molar-refractivity contribution < 1.29 is 4.74 Å². The molecule has 24 heavy (non-hydrogen) atoms. The van der Waals surface area contributed by atoms with E-state index in [1.807, 2.05) is 30.6 Å².